The van der Waals surface area contributed by atoms with Gasteiger partial charge in [-0.05, 0) is 47.7 Å². The number of furan rings is 1. The van der Waals surface area contributed by atoms with Crippen LogP contribution in [0.4, 0.5) is 5.13 Å². The number of hydrogen-bond acceptors (Lipinski definition) is 6. The van der Waals surface area contributed by atoms with E-state index in [0.29, 0.717) is 27.0 Å². The molecule has 6 nitrogen and oxygen atoms in total. The molecule has 0 aliphatic carbocycles. The van der Waals surface area contributed by atoms with Crippen LogP contribution in [0.1, 0.15) is 54.3 Å². The molecule has 1 atom stereocenters. The fraction of sp³-hybridized carbons (Fsp3) is 0.222. The number of Topliss-reactive ketones (excluding diaryl/α,β-unsaturated/α-hetero) is 1. The van der Waals surface area contributed by atoms with Gasteiger partial charge in [0.25, 0.3) is 5.91 Å². The number of aryl methyl sites for hydroxylation is 1. The van der Waals surface area contributed by atoms with Crippen molar-refractivity contribution in [3.05, 3.63) is 93.6 Å². The van der Waals surface area contributed by atoms with E-state index in [9.17, 15) is 14.7 Å². The average molecular weight is 507 g/mol. The highest BCUT2D eigenvalue weighted by Gasteiger charge is 2.46. The van der Waals surface area contributed by atoms with Crippen molar-refractivity contribution in [2.24, 2.45) is 0 Å². The van der Waals surface area contributed by atoms with Crippen molar-refractivity contribution < 1.29 is 19.1 Å². The molecular formula is C27H23ClN2O4S. The number of anilines is 1. The fourth-order valence-electron chi connectivity index (χ4n) is 4.21. The summed E-state index contributed by atoms with van der Waals surface area (Å²) in [5.41, 5.74) is 2.22. The van der Waals surface area contributed by atoms with Gasteiger partial charge in [0.1, 0.15) is 11.3 Å². The van der Waals surface area contributed by atoms with Crippen molar-refractivity contribution in [2.75, 3.05) is 4.90 Å². The van der Waals surface area contributed by atoms with Crippen LogP contribution in [0.3, 0.4) is 0 Å². The highest BCUT2D eigenvalue weighted by atomic mass is 35.5. The summed E-state index contributed by atoms with van der Waals surface area (Å²) in [7, 11) is 0. The van der Waals surface area contributed by atoms with E-state index in [1.807, 2.05) is 36.4 Å². The Kier molecular flexibility index (Phi) is 5.57. The van der Waals surface area contributed by atoms with Crippen LogP contribution in [0, 0.1) is 6.92 Å². The molecular weight excluding hydrogens is 484 g/mol. The quantitative estimate of drug-likeness (QED) is 0.303. The van der Waals surface area contributed by atoms with Crippen molar-refractivity contribution in [1.82, 2.24) is 4.98 Å². The van der Waals surface area contributed by atoms with E-state index in [2.05, 4.69) is 25.8 Å². The van der Waals surface area contributed by atoms with Gasteiger partial charge < -0.3 is 9.52 Å². The van der Waals surface area contributed by atoms with Crippen molar-refractivity contribution >= 4 is 50.0 Å². The van der Waals surface area contributed by atoms with E-state index in [0.717, 1.165) is 10.3 Å². The van der Waals surface area contributed by atoms with Crippen LogP contribution in [0.2, 0.25) is 5.02 Å². The van der Waals surface area contributed by atoms with E-state index in [-0.39, 0.29) is 16.7 Å². The number of aliphatic hydroxyl groups is 1. The summed E-state index contributed by atoms with van der Waals surface area (Å²) in [5, 5.41) is 11.8. The molecule has 1 amide bonds. The van der Waals surface area contributed by atoms with Crippen molar-refractivity contribution in [1.29, 1.82) is 0 Å². The number of aliphatic hydroxyl groups excluding tert-OH is 1. The lowest BCUT2D eigenvalue weighted by molar-refractivity contribution is -0.117. The number of carbonyl (C=O) groups excluding carboxylic acids is 2. The summed E-state index contributed by atoms with van der Waals surface area (Å²) < 4.78 is 6.33. The van der Waals surface area contributed by atoms with Crippen molar-refractivity contribution in [2.45, 2.75) is 39.2 Å². The number of amides is 1. The molecule has 0 fully saturated rings. The van der Waals surface area contributed by atoms with Crippen LogP contribution in [-0.2, 0) is 10.2 Å². The molecule has 8 heteroatoms. The maximum atomic E-state index is 13.5. The summed E-state index contributed by atoms with van der Waals surface area (Å²) in [4.78, 5) is 32.9. The van der Waals surface area contributed by atoms with Gasteiger partial charge in [-0.1, -0.05) is 74.0 Å². The fourth-order valence-corrected chi connectivity index (χ4v) is 5.50. The molecule has 0 radical (unpaired) electrons. The molecule has 0 bridgehead atoms. The van der Waals surface area contributed by atoms with E-state index >= 15 is 0 Å². The van der Waals surface area contributed by atoms with Crippen molar-refractivity contribution in [3.8, 4) is 0 Å². The lowest BCUT2D eigenvalue weighted by atomic mass is 9.85. The Morgan fingerprint density at radius 3 is 2.43 bits per heavy atom. The summed E-state index contributed by atoms with van der Waals surface area (Å²) in [5.74, 6) is -1.24. The maximum absolute atomic E-state index is 13.5. The number of fused-ring (bicyclic) bond motifs is 1. The monoisotopic (exact) mass is 506 g/mol. The predicted octanol–water partition coefficient (Wildman–Crippen LogP) is 6.93. The third kappa shape index (κ3) is 3.94. The molecule has 1 aliphatic heterocycles. The largest absolute Gasteiger partial charge is 0.503 e. The number of rotatable bonds is 4. The molecule has 1 unspecified atom stereocenters. The second kappa shape index (κ2) is 8.36. The third-order valence-corrected chi connectivity index (χ3v) is 7.40. The Hall–Kier alpha value is -3.42. The van der Waals surface area contributed by atoms with E-state index in [4.69, 9.17) is 16.0 Å². The number of ketones is 1. The molecule has 2 aromatic carbocycles. The van der Waals surface area contributed by atoms with Crippen LogP contribution in [-0.4, -0.2) is 21.8 Å². The molecule has 0 spiro atoms. The lowest BCUT2D eigenvalue weighted by Gasteiger charge is -2.25. The molecule has 4 aromatic rings. The third-order valence-electron chi connectivity index (χ3n) is 6.07. The Bertz CT molecular complexity index is 1510. The summed E-state index contributed by atoms with van der Waals surface area (Å²) in [6.07, 6.45) is 0. The molecule has 1 N–H and O–H groups in total. The van der Waals surface area contributed by atoms with Gasteiger partial charge >= 0.3 is 0 Å². The van der Waals surface area contributed by atoms with Gasteiger partial charge in [-0.25, -0.2) is 4.98 Å². The molecule has 0 saturated carbocycles. The minimum atomic E-state index is -0.881. The number of thiazole rings is 1. The number of aromatic nitrogens is 1. The minimum absolute atomic E-state index is 0.0433. The summed E-state index contributed by atoms with van der Waals surface area (Å²) >= 11 is 7.60. The van der Waals surface area contributed by atoms with E-state index in [1.54, 1.807) is 25.1 Å². The number of para-hydroxylation sites is 1. The average Bonchev–Trinajstić information content (AvgIpc) is 3.50. The molecule has 3 heterocycles. The van der Waals surface area contributed by atoms with Gasteiger partial charge in [0.2, 0.25) is 5.78 Å². The Morgan fingerprint density at radius 1 is 1.11 bits per heavy atom. The van der Waals surface area contributed by atoms with Gasteiger partial charge in [-0.2, -0.15) is 0 Å². The van der Waals surface area contributed by atoms with Gasteiger partial charge in [0.15, 0.2) is 16.7 Å². The van der Waals surface area contributed by atoms with Crippen LogP contribution in [0.15, 0.2) is 70.3 Å². The highest BCUT2D eigenvalue weighted by molar-refractivity contribution is 7.22. The predicted molar refractivity (Wildman–Crippen MR) is 137 cm³/mol. The first-order chi connectivity index (χ1) is 16.6. The topological polar surface area (TPSA) is 83.6 Å². The smallest absolute Gasteiger partial charge is 0.296 e. The maximum Gasteiger partial charge on any atom is 0.296 e. The van der Waals surface area contributed by atoms with E-state index in [1.165, 1.54) is 16.2 Å². The first-order valence-corrected chi connectivity index (χ1v) is 12.3. The summed E-state index contributed by atoms with van der Waals surface area (Å²) in [6, 6.07) is 15.4. The molecule has 1 aliphatic rings. The van der Waals surface area contributed by atoms with Crippen molar-refractivity contribution in [3.63, 3.8) is 0 Å². The Labute approximate surface area is 211 Å². The second-order valence-corrected chi connectivity index (χ2v) is 11.0. The first kappa shape index (κ1) is 23.3. The minimum Gasteiger partial charge on any atom is -0.503 e. The molecule has 5 rings (SSSR count). The van der Waals surface area contributed by atoms with Crippen LogP contribution < -0.4 is 4.90 Å². The number of hydrogen-bond donors (Lipinski definition) is 1. The SMILES string of the molecule is Cc1ccc(C(=O)C2=C(O)C(=O)N(c3nc4c(Cl)cccc4s3)C2c2ccc(C(C)(C)C)cc2)o1. The summed E-state index contributed by atoms with van der Waals surface area (Å²) in [6.45, 7) is 8.05. The molecule has 35 heavy (non-hydrogen) atoms. The van der Waals surface area contributed by atoms with E-state index < -0.39 is 23.5 Å². The van der Waals surface area contributed by atoms with Gasteiger partial charge in [-0.3, -0.25) is 14.5 Å². The zero-order chi connectivity index (χ0) is 25.1. The number of halogens is 1. The number of benzene rings is 2. The first-order valence-electron chi connectivity index (χ1n) is 11.1. The number of carbonyl (C=O) groups is 2. The zero-order valence-corrected chi connectivity index (χ0v) is 21.2. The Morgan fingerprint density at radius 2 is 1.83 bits per heavy atom. The number of nitrogens with zero attached hydrogens (tertiary/aromatic N) is 2. The van der Waals surface area contributed by atoms with Crippen LogP contribution in [0.25, 0.3) is 10.2 Å². The zero-order valence-electron chi connectivity index (χ0n) is 19.6. The van der Waals surface area contributed by atoms with Crippen LogP contribution >= 0.6 is 22.9 Å². The molecule has 0 saturated heterocycles. The lowest BCUT2D eigenvalue weighted by Crippen LogP contribution is -2.31. The normalized spacial score (nSPS) is 16.5. The van der Waals surface area contributed by atoms with Gasteiger partial charge in [-0.15, -0.1) is 0 Å². The Balaban J connectivity index is 1.68. The van der Waals surface area contributed by atoms with Gasteiger partial charge in [0, 0.05) is 0 Å². The molecule has 2 aromatic heterocycles. The molecule has 178 valence electrons. The van der Waals surface area contributed by atoms with Gasteiger partial charge in [0.05, 0.1) is 21.3 Å². The second-order valence-electron chi connectivity index (χ2n) is 9.53. The standard InChI is InChI=1S/C27H23ClN2O4S/c1-14-8-13-18(34-14)23(31)20-22(15-9-11-16(12-10-15)27(2,3)4)30(25(33)24(20)32)26-29-21-17(28)6-5-7-19(21)35-26/h5-13,22,32H,1-4H3. The highest BCUT2D eigenvalue weighted by Crippen LogP contribution is 2.45. The van der Waals surface area contributed by atoms with Crippen LogP contribution in [0.5, 0.6) is 0 Å².